The molecular weight excluding hydrogens is 464 g/mol. The van der Waals surface area contributed by atoms with E-state index in [0.29, 0.717) is 34.9 Å². The number of carbonyl (C=O) groups is 2. The molecule has 0 bridgehead atoms. The van der Waals surface area contributed by atoms with Gasteiger partial charge in [0, 0.05) is 40.5 Å². The lowest BCUT2D eigenvalue weighted by molar-refractivity contribution is 0.0951. The van der Waals surface area contributed by atoms with E-state index in [9.17, 15) is 14.0 Å². The molecule has 3 aromatic rings. The zero-order chi connectivity index (χ0) is 24.1. The predicted octanol–water partition coefficient (Wildman–Crippen LogP) is 5.71. The van der Waals surface area contributed by atoms with Crippen LogP contribution in [0.25, 0.3) is 0 Å². The number of aryl methyl sites for hydroxylation is 1. The number of nitrogens with one attached hydrogen (secondary N) is 2. The van der Waals surface area contributed by atoms with Gasteiger partial charge in [-0.2, -0.15) is 0 Å². The number of benzene rings is 3. The van der Waals surface area contributed by atoms with Gasteiger partial charge in [0.1, 0.15) is 5.82 Å². The van der Waals surface area contributed by atoms with Crippen molar-refractivity contribution >= 4 is 46.3 Å². The molecule has 0 saturated carbocycles. The van der Waals surface area contributed by atoms with Crippen molar-refractivity contribution in [2.45, 2.75) is 6.92 Å². The number of carbonyl (C=O) groups excluding carboxylic acids is 2. The molecule has 8 heteroatoms. The molecule has 0 spiro atoms. The number of likely N-dealkylation sites (N-methyl/N-ethyl adjacent to an activating group) is 1. The summed E-state index contributed by atoms with van der Waals surface area (Å²) in [7, 11) is 3.84. The van der Waals surface area contributed by atoms with Crippen molar-refractivity contribution in [2.75, 3.05) is 32.5 Å². The van der Waals surface area contributed by atoms with Crippen molar-refractivity contribution in [2.24, 2.45) is 0 Å². The molecule has 1 amide bonds. The first kappa shape index (κ1) is 24.7. The molecule has 0 unspecified atom stereocenters. The lowest BCUT2D eigenvalue weighted by Gasteiger charge is -2.13. The van der Waals surface area contributed by atoms with E-state index in [4.69, 9.17) is 23.2 Å². The highest BCUT2D eigenvalue weighted by Gasteiger charge is 2.18. The highest BCUT2D eigenvalue weighted by atomic mass is 35.5. The van der Waals surface area contributed by atoms with Gasteiger partial charge in [0.2, 0.25) is 0 Å². The molecule has 33 heavy (non-hydrogen) atoms. The topological polar surface area (TPSA) is 61.4 Å². The quantitative estimate of drug-likeness (QED) is 0.399. The van der Waals surface area contributed by atoms with E-state index in [2.05, 4.69) is 10.6 Å². The maximum Gasteiger partial charge on any atom is 0.251 e. The predicted molar refractivity (Wildman–Crippen MR) is 132 cm³/mol. The summed E-state index contributed by atoms with van der Waals surface area (Å²) in [6.45, 7) is 3.00. The summed E-state index contributed by atoms with van der Waals surface area (Å²) in [6.07, 6.45) is 0. The van der Waals surface area contributed by atoms with Gasteiger partial charge in [-0.1, -0.05) is 29.3 Å². The second-order valence-electron chi connectivity index (χ2n) is 7.86. The van der Waals surface area contributed by atoms with Crippen LogP contribution in [0.5, 0.6) is 0 Å². The number of anilines is 2. The molecule has 0 atom stereocenters. The Hall–Kier alpha value is -2.93. The molecule has 0 aromatic heterocycles. The first-order chi connectivity index (χ1) is 15.7. The zero-order valence-electron chi connectivity index (χ0n) is 18.5. The third-order valence-corrected chi connectivity index (χ3v) is 5.56. The fourth-order valence-electron chi connectivity index (χ4n) is 3.17. The Morgan fingerprint density at radius 1 is 0.970 bits per heavy atom. The molecule has 0 aliphatic rings. The van der Waals surface area contributed by atoms with E-state index >= 15 is 0 Å². The summed E-state index contributed by atoms with van der Waals surface area (Å²) in [4.78, 5) is 27.6. The fraction of sp³-hybridized carbons (Fsp3) is 0.200. The van der Waals surface area contributed by atoms with Crippen LogP contribution in [-0.2, 0) is 0 Å². The molecule has 5 nitrogen and oxygen atoms in total. The molecule has 172 valence electrons. The second kappa shape index (κ2) is 10.8. The van der Waals surface area contributed by atoms with Gasteiger partial charge in [-0.15, -0.1) is 0 Å². The molecule has 0 heterocycles. The van der Waals surface area contributed by atoms with Crippen LogP contribution in [0.4, 0.5) is 15.8 Å². The van der Waals surface area contributed by atoms with Gasteiger partial charge < -0.3 is 15.5 Å². The number of nitrogens with zero attached hydrogens (tertiary/aromatic N) is 1. The van der Waals surface area contributed by atoms with Gasteiger partial charge in [0.05, 0.1) is 10.7 Å². The Morgan fingerprint density at radius 3 is 2.39 bits per heavy atom. The van der Waals surface area contributed by atoms with Gasteiger partial charge in [-0.3, -0.25) is 9.59 Å². The van der Waals surface area contributed by atoms with Crippen molar-refractivity contribution in [1.82, 2.24) is 10.2 Å². The van der Waals surface area contributed by atoms with Crippen LogP contribution in [0.2, 0.25) is 10.0 Å². The van der Waals surface area contributed by atoms with Crippen molar-refractivity contribution in [3.8, 4) is 0 Å². The highest BCUT2D eigenvalue weighted by molar-refractivity contribution is 6.35. The third-order valence-electron chi connectivity index (χ3n) is 5.01. The summed E-state index contributed by atoms with van der Waals surface area (Å²) in [5.74, 6) is -1.05. The Kier molecular flexibility index (Phi) is 8.08. The number of rotatable bonds is 8. The molecular formula is C25H24Cl2FN3O2. The van der Waals surface area contributed by atoms with E-state index < -0.39 is 5.82 Å². The summed E-state index contributed by atoms with van der Waals surface area (Å²) >= 11 is 12.2. The molecule has 0 aliphatic carbocycles. The van der Waals surface area contributed by atoms with Crippen LogP contribution in [-0.4, -0.2) is 43.8 Å². The SMILES string of the molecule is Cc1ccc(C(=O)NCCN(C)C)cc1C(=O)c1ccc(Nc2ccc(Cl)cc2F)cc1Cl. The lowest BCUT2D eigenvalue weighted by Crippen LogP contribution is -2.31. The van der Waals surface area contributed by atoms with Gasteiger partial charge >= 0.3 is 0 Å². The van der Waals surface area contributed by atoms with E-state index in [1.165, 1.54) is 12.1 Å². The molecule has 0 radical (unpaired) electrons. The minimum atomic E-state index is -0.505. The monoisotopic (exact) mass is 487 g/mol. The number of amides is 1. The fourth-order valence-corrected chi connectivity index (χ4v) is 3.60. The van der Waals surface area contributed by atoms with Crippen LogP contribution >= 0.6 is 23.2 Å². The molecule has 0 fully saturated rings. The maximum atomic E-state index is 14.1. The normalized spacial score (nSPS) is 10.9. The molecule has 0 aliphatic heterocycles. The molecule has 0 saturated heterocycles. The second-order valence-corrected chi connectivity index (χ2v) is 8.71. The van der Waals surface area contributed by atoms with Crippen LogP contribution in [0.15, 0.2) is 54.6 Å². The Morgan fingerprint density at radius 2 is 1.73 bits per heavy atom. The molecule has 3 aromatic carbocycles. The van der Waals surface area contributed by atoms with Gasteiger partial charge in [-0.05, 0) is 75.1 Å². The van der Waals surface area contributed by atoms with Gasteiger partial charge in [0.25, 0.3) is 5.91 Å². The number of hydrogen-bond donors (Lipinski definition) is 2. The Labute approximate surface area is 202 Å². The highest BCUT2D eigenvalue weighted by Crippen LogP contribution is 2.28. The van der Waals surface area contributed by atoms with Crippen molar-refractivity contribution in [1.29, 1.82) is 0 Å². The molecule has 2 N–H and O–H groups in total. The van der Waals surface area contributed by atoms with Crippen LogP contribution in [0.3, 0.4) is 0 Å². The maximum absolute atomic E-state index is 14.1. The van der Waals surface area contributed by atoms with E-state index in [-0.39, 0.29) is 28.0 Å². The zero-order valence-corrected chi connectivity index (χ0v) is 20.0. The summed E-state index contributed by atoms with van der Waals surface area (Å²) in [5, 5.41) is 6.26. The van der Waals surface area contributed by atoms with Crippen molar-refractivity contribution < 1.29 is 14.0 Å². The average molecular weight is 488 g/mol. The van der Waals surface area contributed by atoms with Crippen LogP contribution in [0, 0.1) is 12.7 Å². The minimum absolute atomic E-state index is 0.208. The first-order valence-corrected chi connectivity index (χ1v) is 11.0. The number of halogens is 3. The van der Waals surface area contributed by atoms with E-state index in [1.807, 2.05) is 19.0 Å². The van der Waals surface area contributed by atoms with Crippen molar-refractivity contribution in [3.63, 3.8) is 0 Å². The Bertz CT molecular complexity index is 1200. The third kappa shape index (κ3) is 6.32. The minimum Gasteiger partial charge on any atom is -0.353 e. The van der Waals surface area contributed by atoms with Crippen molar-refractivity contribution in [3.05, 3.63) is 92.7 Å². The smallest absolute Gasteiger partial charge is 0.251 e. The first-order valence-electron chi connectivity index (χ1n) is 10.3. The average Bonchev–Trinajstić information content (AvgIpc) is 2.75. The van der Waals surface area contributed by atoms with Gasteiger partial charge in [-0.25, -0.2) is 4.39 Å². The summed E-state index contributed by atoms with van der Waals surface area (Å²) in [6, 6.07) is 14.1. The van der Waals surface area contributed by atoms with Gasteiger partial charge in [0.15, 0.2) is 5.78 Å². The Balaban J connectivity index is 1.81. The standard InChI is InChI=1S/C25H24Cl2FN3O2/c1-15-4-5-16(25(33)29-10-11-31(2)3)12-20(15)24(32)19-8-7-18(14-21(19)27)30-23-9-6-17(26)13-22(23)28/h4-9,12-14,30H,10-11H2,1-3H3,(H,29,33). The number of ketones is 1. The number of hydrogen-bond acceptors (Lipinski definition) is 4. The van der Waals surface area contributed by atoms with E-state index in [1.54, 1.807) is 49.4 Å². The lowest BCUT2D eigenvalue weighted by atomic mass is 9.96. The largest absolute Gasteiger partial charge is 0.353 e. The summed E-state index contributed by atoms with van der Waals surface area (Å²) in [5.41, 5.74) is 2.55. The van der Waals surface area contributed by atoms with E-state index in [0.717, 1.165) is 5.56 Å². The molecule has 3 rings (SSSR count). The van der Waals surface area contributed by atoms with Crippen LogP contribution in [0.1, 0.15) is 31.8 Å². The van der Waals surface area contributed by atoms with Crippen LogP contribution < -0.4 is 10.6 Å². The summed E-state index contributed by atoms with van der Waals surface area (Å²) < 4.78 is 14.1.